The summed E-state index contributed by atoms with van der Waals surface area (Å²) in [6, 6.07) is 9.80. The van der Waals surface area contributed by atoms with E-state index in [0.29, 0.717) is 5.02 Å². The quantitative estimate of drug-likeness (QED) is 0.871. The molecule has 2 rings (SSSR count). The second-order valence-corrected chi connectivity index (χ2v) is 6.56. The first-order valence-electron chi connectivity index (χ1n) is 5.61. The van der Waals surface area contributed by atoms with Gasteiger partial charge in [0.05, 0.1) is 4.90 Å². The maximum absolute atomic E-state index is 12.3. The molecule has 0 saturated heterocycles. The molecule has 0 aliphatic carbocycles. The standard InChI is InChI=1S/C13H13ClN2O2S/c1-16(10-11-5-7-15-8-6-11)19(17,18)13-4-2-3-12(14)9-13/h2-9H,10H2,1H3. The lowest BCUT2D eigenvalue weighted by Gasteiger charge is -2.17. The second kappa shape index (κ2) is 5.69. The minimum atomic E-state index is -3.53. The Kier molecular flexibility index (Phi) is 4.19. The lowest BCUT2D eigenvalue weighted by molar-refractivity contribution is 0.466. The molecule has 6 heteroatoms. The highest BCUT2D eigenvalue weighted by atomic mass is 35.5. The van der Waals surface area contributed by atoms with Gasteiger partial charge in [-0.2, -0.15) is 4.31 Å². The van der Waals surface area contributed by atoms with Crippen LogP contribution in [0.4, 0.5) is 0 Å². The molecule has 2 aromatic rings. The van der Waals surface area contributed by atoms with Gasteiger partial charge in [0.25, 0.3) is 0 Å². The Bertz CT molecular complexity index is 659. The van der Waals surface area contributed by atoms with E-state index >= 15 is 0 Å². The Morgan fingerprint density at radius 2 is 1.89 bits per heavy atom. The number of aromatic nitrogens is 1. The van der Waals surface area contributed by atoms with Crippen LogP contribution in [-0.4, -0.2) is 24.8 Å². The monoisotopic (exact) mass is 296 g/mol. The summed E-state index contributed by atoms with van der Waals surface area (Å²) >= 11 is 5.82. The van der Waals surface area contributed by atoms with Crippen molar-refractivity contribution in [2.45, 2.75) is 11.4 Å². The second-order valence-electron chi connectivity index (χ2n) is 4.07. The summed E-state index contributed by atoms with van der Waals surface area (Å²) in [5.74, 6) is 0. The Balaban J connectivity index is 2.25. The molecular formula is C13H13ClN2O2S. The Morgan fingerprint density at radius 1 is 1.21 bits per heavy atom. The molecule has 0 N–H and O–H groups in total. The highest BCUT2D eigenvalue weighted by Gasteiger charge is 2.20. The summed E-state index contributed by atoms with van der Waals surface area (Å²) in [4.78, 5) is 4.09. The topological polar surface area (TPSA) is 50.3 Å². The smallest absolute Gasteiger partial charge is 0.243 e. The molecule has 1 aromatic heterocycles. The molecule has 100 valence electrons. The number of nitrogens with zero attached hydrogens (tertiary/aromatic N) is 2. The third-order valence-electron chi connectivity index (χ3n) is 2.66. The molecule has 0 fully saturated rings. The van der Waals surface area contributed by atoms with Crippen LogP contribution in [-0.2, 0) is 16.6 Å². The molecule has 0 atom stereocenters. The fraction of sp³-hybridized carbons (Fsp3) is 0.154. The van der Waals surface area contributed by atoms with Gasteiger partial charge in [0.15, 0.2) is 0 Å². The van der Waals surface area contributed by atoms with E-state index in [1.165, 1.54) is 23.5 Å². The molecule has 0 saturated carbocycles. The number of sulfonamides is 1. The fourth-order valence-electron chi connectivity index (χ4n) is 1.64. The molecule has 0 radical (unpaired) electrons. The van der Waals surface area contributed by atoms with Crippen LogP contribution in [0.15, 0.2) is 53.7 Å². The van der Waals surface area contributed by atoms with E-state index in [0.717, 1.165) is 5.56 Å². The van der Waals surface area contributed by atoms with E-state index in [4.69, 9.17) is 11.6 Å². The van der Waals surface area contributed by atoms with Gasteiger partial charge in [0.1, 0.15) is 0 Å². The van der Waals surface area contributed by atoms with Crippen molar-refractivity contribution < 1.29 is 8.42 Å². The van der Waals surface area contributed by atoms with Gasteiger partial charge in [0, 0.05) is 31.0 Å². The van der Waals surface area contributed by atoms with E-state index in [1.807, 2.05) is 0 Å². The van der Waals surface area contributed by atoms with Crippen LogP contribution in [0.3, 0.4) is 0 Å². The van der Waals surface area contributed by atoms with Crippen molar-refractivity contribution >= 4 is 21.6 Å². The molecule has 0 amide bonds. The minimum absolute atomic E-state index is 0.191. The fourth-order valence-corrected chi connectivity index (χ4v) is 3.10. The van der Waals surface area contributed by atoms with Gasteiger partial charge in [-0.05, 0) is 35.9 Å². The minimum Gasteiger partial charge on any atom is -0.265 e. The number of pyridine rings is 1. The zero-order valence-corrected chi connectivity index (χ0v) is 11.9. The summed E-state index contributed by atoms with van der Waals surface area (Å²) < 4.78 is 26.0. The van der Waals surface area contributed by atoms with Crippen molar-refractivity contribution in [3.05, 3.63) is 59.4 Å². The van der Waals surface area contributed by atoms with Crippen molar-refractivity contribution in [3.8, 4) is 0 Å². The van der Waals surface area contributed by atoms with Crippen molar-refractivity contribution in [1.29, 1.82) is 0 Å². The first-order chi connectivity index (χ1) is 9.00. The molecular weight excluding hydrogens is 284 g/mol. The first-order valence-corrected chi connectivity index (χ1v) is 7.43. The average molecular weight is 297 g/mol. The Morgan fingerprint density at radius 3 is 2.53 bits per heavy atom. The molecule has 4 nitrogen and oxygen atoms in total. The normalized spacial score (nSPS) is 11.7. The predicted octanol–water partition coefficient (Wildman–Crippen LogP) is 2.56. The number of hydrogen-bond donors (Lipinski definition) is 0. The molecule has 0 aliphatic rings. The lowest BCUT2D eigenvalue weighted by Crippen LogP contribution is -2.26. The van der Waals surface area contributed by atoms with Crippen molar-refractivity contribution in [2.75, 3.05) is 7.05 Å². The Hall–Kier alpha value is -1.43. The van der Waals surface area contributed by atoms with Gasteiger partial charge < -0.3 is 0 Å². The van der Waals surface area contributed by atoms with Gasteiger partial charge >= 0.3 is 0 Å². The van der Waals surface area contributed by atoms with E-state index < -0.39 is 10.0 Å². The molecule has 1 heterocycles. The van der Waals surface area contributed by atoms with Crippen LogP contribution in [0.1, 0.15) is 5.56 Å². The summed E-state index contributed by atoms with van der Waals surface area (Å²) in [6.45, 7) is 0.289. The van der Waals surface area contributed by atoms with E-state index in [1.54, 1.807) is 36.7 Å². The van der Waals surface area contributed by atoms with Crippen molar-refractivity contribution in [3.63, 3.8) is 0 Å². The number of hydrogen-bond acceptors (Lipinski definition) is 3. The summed E-state index contributed by atoms with van der Waals surface area (Å²) in [5, 5.41) is 0.401. The summed E-state index contributed by atoms with van der Waals surface area (Å²) in [7, 11) is -1.99. The third-order valence-corrected chi connectivity index (χ3v) is 4.69. The van der Waals surface area contributed by atoms with Crippen LogP contribution >= 0.6 is 11.6 Å². The predicted molar refractivity (Wildman–Crippen MR) is 74.3 cm³/mol. The zero-order chi connectivity index (χ0) is 13.9. The van der Waals surface area contributed by atoms with Gasteiger partial charge in [-0.3, -0.25) is 4.98 Å². The molecule has 19 heavy (non-hydrogen) atoms. The first kappa shape index (κ1) is 14.0. The third kappa shape index (κ3) is 3.32. The van der Waals surface area contributed by atoms with Crippen LogP contribution in [0.5, 0.6) is 0 Å². The van der Waals surface area contributed by atoms with Crippen LogP contribution < -0.4 is 0 Å². The van der Waals surface area contributed by atoms with Gasteiger partial charge in [-0.1, -0.05) is 17.7 Å². The van der Waals surface area contributed by atoms with Crippen molar-refractivity contribution in [1.82, 2.24) is 9.29 Å². The SMILES string of the molecule is CN(Cc1ccncc1)S(=O)(=O)c1cccc(Cl)c1. The largest absolute Gasteiger partial charge is 0.265 e. The van der Waals surface area contributed by atoms with Crippen LogP contribution in [0.2, 0.25) is 5.02 Å². The van der Waals surface area contributed by atoms with Gasteiger partial charge in [0.2, 0.25) is 10.0 Å². The molecule has 0 bridgehead atoms. The maximum atomic E-state index is 12.3. The molecule has 1 aromatic carbocycles. The van der Waals surface area contributed by atoms with Gasteiger partial charge in [-0.15, -0.1) is 0 Å². The molecule has 0 aliphatic heterocycles. The maximum Gasteiger partial charge on any atom is 0.243 e. The number of benzene rings is 1. The van der Waals surface area contributed by atoms with E-state index in [-0.39, 0.29) is 11.4 Å². The highest BCUT2D eigenvalue weighted by Crippen LogP contribution is 2.19. The van der Waals surface area contributed by atoms with E-state index in [2.05, 4.69) is 4.98 Å². The van der Waals surface area contributed by atoms with Gasteiger partial charge in [-0.25, -0.2) is 8.42 Å². The molecule has 0 spiro atoms. The van der Waals surface area contributed by atoms with Crippen LogP contribution in [0.25, 0.3) is 0 Å². The van der Waals surface area contributed by atoms with Crippen molar-refractivity contribution in [2.24, 2.45) is 0 Å². The highest BCUT2D eigenvalue weighted by molar-refractivity contribution is 7.89. The lowest BCUT2D eigenvalue weighted by atomic mass is 10.3. The number of rotatable bonds is 4. The molecule has 0 unspecified atom stereocenters. The number of halogens is 1. The zero-order valence-electron chi connectivity index (χ0n) is 10.3. The summed E-state index contributed by atoms with van der Waals surface area (Å²) in [5.41, 5.74) is 0.878. The van der Waals surface area contributed by atoms with E-state index in [9.17, 15) is 8.42 Å². The van der Waals surface area contributed by atoms with Crippen LogP contribution in [0, 0.1) is 0 Å². The average Bonchev–Trinajstić information content (AvgIpc) is 2.40. The summed E-state index contributed by atoms with van der Waals surface area (Å²) in [6.07, 6.45) is 3.27. The Labute approximate surface area is 117 Å².